The molecule has 0 radical (unpaired) electrons. The number of rotatable bonds is 5. The predicted molar refractivity (Wildman–Crippen MR) is 94.8 cm³/mol. The fourth-order valence-electron chi connectivity index (χ4n) is 3.18. The highest BCUT2D eigenvalue weighted by Gasteiger charge is 2.30. The molecule has 1 fully saturated rings. The minimum atomic E-state index is -3.36. The Morgan fingerprint density at radius 2 is 2.12 bits per heavy atom. The number of hydrogen-bond acceptors (Lipinski definition) is 5. The third-order valence-corrected chi connectivity index (χ3v) is 6.44. The maximum Gasteiger partial charge on any atom is 0.281 e. The summed E-state index contributed by atoms with van der Waals surface area (Å²) in [4.78, 5) is 8.99. The Balaban J connectivity index is 1.73. The highest BCUT2D eigenvalue weighted by molar-refractivity contribution is 7.86. The molecular weight excluding hydrogens is 340 g/mol. The van der Waals surface area contributed by atoms with Crippen molar-refractivity contribution in [2.24, 2.45) is 13.0 Å². The molecule has 1 saturated heterocycles. The van der Waals surface area contributed by atoms with Gasteiger partial charge in [-0.15, -0.1) is 0 Å². The molecule has 9 heteroatoms. The molecule has 2 aromatic rings. The maximum atomic E-state index is 12.3. The quantitative estimate of drug-likeness (QED) is 0.788. The standard InChI is InChI=1S/C16H24N6O2S/c1-20(2)25(23,24)22-8-4-5-13(12-22)9-14-10-17-11-15(19-14)16-6-7-18-21(16)3/h6-7,10-11,13H,4-5,8-9,12H2,1-3H3/t13-/m1/s1. The first-order chi connectivity index (χ1) is 11.9. The Morgan fingerprint density at radius 1 is 1.32 bits per heavy atom. The summed E-state index contributed by atoms with van der Waals surface area (Å²) < 4.78 is 29.3. The molecule has 0 aromatic carbocycles. The zero-order valence-corrected chi connectivity index (χ0v) is 15.6. The summed E-state index contributed by atoms with van der Waals surface area (Å²) >= 11 is 0. The lowest BCUT2D eigenvalue weighted by atomic mass is 9.95. The van der Waals surface area contributed by atoms with Crippen LogP contribution < -0.4 is 0 Å². The minimum absolute atomic E-state index is 0.250. The lowest BCUT2D eigenvalue weighted by molar-refractivity contribution is 0.253. The summed E-state index contributed by atoms with van der Waals surface area (Å²) in [5.74, 6) is 0.250. The van der Waals surface area contributed by atoms with Crippen molar-refractivity contribution in [3.63, 3.8) is 0 Å². The van der Waals surface area contributed by atoms with Crippen LogP contribution in [0.15, 0.2) is 24.7 Å². The second-order valence-corrected chi connectivity index (χ2v) is 8.74. The third kappa shape index (κ3) is 3.88. The molecule has 2 aromatic heterocycles. The van der Waals surface area contributed by atoms with Crippen molar-refractivity contribution in [3.05, 3.63) is 30.4 Å². The van der Waals surface area contributed by atoms with Gasteiger partial charge in [-0.25, -0.2) is 4.98 Å². The van der Waals surface area contributed by atoms with Crippen molar-refractivity contribution in [1.82, 2.24) is 28.4 Å². The normalized spacial score (nSPS) is 19.4. The number of piperidine rings is 1. The summed E-state index contributed by atoms with van der Waals surface area (Å²) in [6, 6.07) is 1.90. The molecular formula is C16H24N6O2S. The topological polar surface area (TPSA) is 84.2 Å². The first-order valence-electron chi connectivity index (χ1n) is 8.35. The Labute approximate surface area is 148 Å². The summed E-state index contributed by atoms with van der Waals surface area (Å²) in [6.45, 7) is 1.11. The van der Waals surface area contributed by atoms with Gasteiger partial charge < -0.3 is 0 Å². The summed E-state index contributed by atoms with van der Waals surface area (Å²) in [5, 5.41) is 4.16. The minimum Gasteiger partial charge on any atom is -0.266 e. The first-order valence-corrected chi connectivity index (χ1v) is 9.74. The highest BCUT2D eigenvalue weighted by Crippen LogP contribution is 2.23. The third-order valence-electron chi connectivity index (χ3n) is 4.54. The van der Waals surface area contributed by atoms with Gasteiger partial charge in [0.15, 0.2) is 0 Å². The zero-order valence-electron chi connectivity index (χ0n) is 14.8. The second-order valence-electron chi connectivity index (χ2n) is 6.60. The van der Waals surface area contributed by atoms with Crippen LogP contribution in [0.2, 0.25) is 0 Å². The fourth-order valence-corrected chi connectivity index (χ4v) is 4.40. The highest BCUT2D eigenvalue weighted by atomic mass is 32.2. The van der Waals surface area contributed by atoms with Gasteiger partial charge in [-0.2, -0.15) is 22.1 Å². The molecule has 3 heterocycles. The van der Waals surface area contributed by atoms with E-state index in [0.717, 1.165) is 36.3 Å². The van der Waals surface area contributed by atoms with Crippen molar-refractivity contribution in [2.45, 2.75) is 19.3 Å². The summed E-state index contributed by atoms with van der Waals surface area (Å²) in [5.41, 5.74) is 2.58. The molecule has 0 bridgehead atoms. The molecule has 1 aliphatic heterocycles. The molecule has 0 N–H and O–H groups in total. The van der Waals surface area contributed by atoms with E-state index in [1.54, 1.807) is 41.7 Å². The Morgan fingerprint density at radius 3 is 2.80 bits per heavy atom. The van der Waals surface area contributed by atoms with Gasteiger partial charge in [0, 0.05) is 46.6 Å². The van der Waals surface area contributed by atoms with Gasteiger partial charge in [-0.3, -0.25) is 9.67 Å². The molecule has 0 saturated carbocycles. The monoisotopic (exact) mass is 364 g/mol. The van der Waals surface area contributed by atoms with E-state index < -0.39 is 10.2 Å². The van der Waals surface area contributed by atoms with Gasteiger partial charge in [0.2, 0.25) is 0 Å². The van der Waals surface area contributed by atoms with E-state index in [0.29, 0.717) is 13.1 Å². The summed E-state index contributed by atoms with van der Waals surface area (Å²) in [6.07, 6.45) is 7.81. The number of nitrogens with zero attached hydrogens (tertiary/aromatic N) is 6. The van der Waals surface area contributed by atoms with E-state index in [1.807, 2.05) is 13.1 Å². The van der Waals surface area contributed by atoms with Crippen LogP contribution in [0, 0.1) is 5.92 Å². The molecule has 0 unspecified atom stereocenters. The average Bonchev–Trinajstić information content (AvgIpc) is 3.01. The van der Waals surface area contributed by atoms with Crippen LogP contribution in [-0.2, 0) is 23.7 Å². The van der Waals surface area contributed by atoms with E-state index in [-0.39, 0.29) is 5.92 Å². The van der Waals surface area contributed by atoms with E-state index in [9.17, 15) is 8.42 Å². The van der Waals surface area contributed by atoms with E-state index in [1.165, 1.54) is 4.31 Å². The van der Waals surface area contributed by atoms with Crippen LogP contribution in [0.3, 0.4) is 0 Å². The fraction of sp³-hybridized carbons (Fsp3) is 0.562. The number of aromatic nitrogens is 4. The van der Waals surface area contributed by atoms with Crippen molar-refractivity contribution in [2.75, 3.05) is 27.2 Å². The van der Waals surface area contributed by atoms with Crippen LogP contribution in [0.1, 0.15) is 18.5 Å². The molecule has 1 aliphatic rings. The molecule has 3 rings (SSSR count). The van der Waals surface area contributed by atoms with Gasteiger partial charge in [0.1, 0.15) is 5.69 Å². The van der Waals surface area contributed by atoms with Crippen molar-refractivity contribution < 1.29 is 8.42 Å². The molecule has 0 aliphatic carbocycles. The van der Waals surface area contributed by atoms with Gasteiger partial charge in [-0.1, -0.05) is 0 Å². The second kappa shape index (κ2) is 7.19. The lowest BCUT2D eigenvalue weighted by Crippen LogP contribution is -2.45. The van der Waals surface area contributed by atoms with Gasteiger partial charge in [0.25, 0.3) is 10.2 Å². The Hall–Kier alpha value is -1.84. The first kappa shape index (κ1) is 18.0. The molecule has 0 amide bonds. The van der Waals surface area contributed by atoms with Crippen molar-refractivity contribution in [1.29, 1.82) is 0 Å². The summed E-state index contributed by atoms with van der Waals surface area (Å²) in [7, 11) is 1.66. The smallest absolute Gasteiger partial charge is 0.266 e. The lowest BCUT2D eigenvalue weighted by Gasteiger charge is -2.33. The zero-order chi connectivity index (χ0) is 18.0. The van der Waals surface area contributed by atoms with Gasteiger partial charge >= 0.3 is 0 Å². The Bertz CT molecular complexity index is 833. The van der Waals surface area contributed by atoms with Crippen LogP contribution in [0.25, 0.3) is 11.4 Å². The molecule has 1 atom stereocenters. The molecule has 25 heavy (non-hydrogen) atoms. The van der Waals surface area contributed by atoms with Crippen molar-refractivity contribution >= 4 is 10.2 Å². The number of hydrogen-bond donors (Lipinski definition) is 0. The molecule has 0 spiro atoms. The molecule has 136 valence electrons. The van der Waals surface area contributed by atoms with Gasteiger partial charge in [0.05, 0.1) is 17.6 Å². The maximum absolute atomic E-state index is 12.3. The largest absolute Gasteiger partial charge is 0.281 e. The van der Waals surface area contributed by atoms with Crippen LogP contribution in [-0.4, -0.2) is 64.0 Å². The van der Waals surface area contributed by atoms with E-state index >= 15 is 0 Å². The van der Waals surface area contributed by atoms with Crippen LogP contribution in [0.5, 0.6) is 0 Å². The number of aryl methyl sites for hydroxylation is 1. The van der Waals surface area contributed by atoms with Crippen molar-refractivity contribution in [3.8, 4) is 11.4 Å². The van der Waals surface area contributed by atoms with Gasteiger partial charge in [-0.05, 0) is 31.2 Å². The van der Waals surface area contributed by atoms with Crippen LogP contribution >= 0.6 is 0 Å². The van der Waals surface area contributed by atoms with E-state index in [2.05, 4.69) is 10.1 Å². The average molecular weight is 364 g/mol. The SMILES string of the molecule is CN(C)S(=O)(=O)N1CCC[C@H](Cc2cncc(-c3ccnn3C)n2)C1. The Kier molecular flexibility index (Phi) is 5.16. The molecule has 8 nitrogen and oxygen atoms in total. The van der Waals surface area contributed by atoms with Crippen LogP contribution in [0.4, 0.5) is 0 Å². The predicted octanol–water partition coefficient (Wildman–Crippen LogP) is 0.938. The van der Waals surface area contributed by atoms with E-state index in [4.69, 9.17) is 4.98 Å².